The molecule has 0 saturated heterocycles. The van der Waals surface area contributed by atoms with Gasteiger partial charge in [0.05, 0.1) is 21.2 Å². The molecule has 0 fully saturated rings. The number of aromatic nitrogens is 2. The van der Waals surface area contributed by atoms with E-state index in [1.807, 2.05) is 6.07 Å². The van der Waals surface area contributed by atoms with Crippen LogP contribution in [0.3, 0.4) is 0 Å². The lowest BCUT2D eigenvalue weighted by atomic mass is 10.1. The van der Waals surface area contributed by atoms with Crippen LogP contribution in [0, 0.1) is 17.1 Å². The molecule has 3 aromatic rings. The van der Waals surface area contributed by atoms with E-state index in [0.29, 0.717) is 12.1 Å². The van der Waals surface area contributed by atoms with Crippen LogP contribution in [0.15, 0.2) is 36.4 Å². The van der Waals surface area contributed by atoms with Gasteiger partial charge in [0.1, 0.15) is 23.4 Å². The SMILES string of the molecule is N#Cc1nn(-c2c(Cl)cc(C(F)(F)F)cc2Cl)c(N)c1-c1cccc(F)c1. The van der Waals surface area contributed by atoms with Gasteiger partial charge < -0.3 is 5.73 Å². The summed E-state index contributed by atoms with van der Waals surface area (Å²) in [5.74, 6) is -0.685. The molecule has 10 heteroatoms. The predicted molar refractivity (Wildman–Crippen MR) is 93.1 cm³/mol. The molecule has 0 unspecified atom stereocenters. The molecule has 0 bridgehead atoms. The van der Waals surface area contributed by atoms with Gasteiger partial charge in [-0.25, -0.2) is 9.07 Å². The molecule has 138 valence electrons. The maximum absolute atomic E-state index is 13.5. The van der Waals surface area contributed by atoms with Crippen molar-refractivity contribution >= 4 is 29.0 Å². The standard InChI is InChI=1S/C17H8Cl2F4N4/c18-11-5-9(17(21,22)23)6-12(19)15(11)27-16(25)14(13(7-24)26-27)8-2-1-3-10(20)4-8/h1-6H,25H2. The molecule has 0 radical (unpaired) electrons. The van der Waals surface area contributed by atoms with Gasteiger partial charge in [-0.05, 0) is 29.8 Å². The van der Waals surface area contributed by atoms with E-state index in [1.54, 1.807) is 0 Å². The third kappa shape index (κ3) is 3.44. The van der Waals surface area contributed by atoms with Gasteiger partial charge in [-0.15, -0.1) is 0 Å². The van der Waals surface area contributed by atoms with Crippen molar-refractivity contribution in [1.82, 2.24) is 9.78 Å². The zero-order chi connectivity index (χ0) is 19.9. The highest BCUT2D eigenvalue weighted by molar-refractivity contribution is 6.38. The van der Waals surface area contributed by atoms with Gasteiger partial charge in [0.15, 0.2) is 5.69 Å². The number of anilines is 1. The summed E-state index contributed by atoms with van der Waals surface area (Å²) in [4.78, 5) is 0. The fourth-order valence-electron chi connectivity index (χ4n) is 2.54. The van der Waals surface area contributed by atoms with Gasteiger partial charge in [0, 0.05) is 0 Å². The van der Waals surface area contributed by atoms with Crippen LogP contribution in [-0.2, 0) is 6.18 Å². The average Bonchev–Trinajstić information content (AvgIpc) is 2.90. The summed E-state index contributed by atoms with van der Waals surface area (Å²) >= 11 is 12.0. The van der Waals surface area contributed by atoms with E-state index < -0.39 is 17.6 Å². The Kier molecular flexibility index (Phi) is 4.76. The lowest BCUT2D eigenvalue weighted by Gasteiger charge is -2.13. The molecule has 2 aromatic carbocycles. The number of nitriles is 1. The van der Waals surface area contributed by atoms with Crippen molar-refractivity contribution in [3.8, 4) is 22.9 Å². The van der Waals surface area contributed by atoms with Crippen LogP contribution in [0.2, 0.25) is 10.0 Å². The Bertz CT molecular complexity index is 1060. The molecular formula is C17H8Cl2F4N4. The Morgan fingerprint density at radius 3 is 2.26 bits per heavy atom. The Labute approximate surface area is 160 Å². The largest absolute Gasteiger partial charge is 0.416 e. The quantitative estimate of drug-likeness (QED) is 0.566. The monoisotopic (exact) mass is 414 g/mol. The van der Waals surface area contributed by atoms with Crippen molar-refractivity contribution in [2.24, 2.45) is 0 Å². The highest BCUT2D eigenvalue weighted by Crippen LogP contribution is 2.40. The second-order valence-corrected chi connectivity index (χ2v) is 6.24. The van der Waals surface area contributed by atoms with Crippen molar-refractivity contribution in [3.63, 3.8) is 0 Å². The summed E-state index contributed by atoms with van der Waals surface area (Å²) in [6.45, 7) is 0. The summed E-state index contributed by atoms with van der Waals surface area (Å²) < 4.78 is 53.2. The van der Waals surface area contributed by atoms with Crippen LogP contribution >= 0.6 is 23.2 Å². The molecule has 1 heterocycles. The van der Waals surface area contributed by atoms with Gasteiger partial charge in [-0.1, -0.05) is 35.3 Å². The summed E-state index contributed by atoms with van der Waals surface area (Å²) in [7, 11) is 0. The normalized spacial score (nSPS) is 11.4. The van der Waals surface area contributed by atoms with Crippen LogP contribution in [0.1, 0.15) is 11.3 Å². The van der Waals surface area contributed by atoms with Crippen LogP contribution in [0.25, 0.3) is 16.8 Å². The number of nitrogen functional groups attached to an aromatic ring is 1. The minimum absolute atomic E-state index is 0.115. The van der Waals surface area contributed by atoms with Gasteiger partial charge in [-0.3, -0.25) is 0 Å². The minimum atomic E-state index is -4.65. The van der Waals surface area contributed by atoms with Gasteiger partial charge in [0.25, 0.3) is 0 Å². The van der Waals surface area contributed by atoms with E-state index in [-0.39, 0.29) is 38.4 Å². The van der Waals surface area contributed by atoms with Crippen molar-refractivity contribution in [2.75, 3.05) is 5.73 Å². The molecule has 0 saturated carbocycles. The van der Waals surface area contributed by atoms with Crippen molar-refractivity contribution in [2.45, 2.75) is 6.18 Å². The third-order valence-corrected chi connectivity index (χ3v) is 4.27. The zero-order valence-corrected chi connectivity index (χ0v) is 14.7. The average molecular weight is 415 g/mol. The molecule has 3 rings (SSSR count). The minimum Gasteiger partial charge on any atom is -0.383 e. The molecule has 0 aliphatic heterocycles. The summed E-state index contributed by atoms with van der Waals surface area (Å²) in [5.41, 5.74) is 5.10. The summed E-state index contributed by atoms with van der Waals surface area (Å²) in [5, 5.41) is 12.6. The van der Waals surface area contributed by atoms with E-state index in [4.69, 9.17) is 28.9 Å². The molecule has 0 atom stereocenters. The maximum atomic E-state index is 13.5. The predicted octanol–water partition coefficient (Wildman–Crippen LogP) is 5.46. The van der Waals surface area contributed by atoms with Crippen LogP contribution in [0.4, 0.5) is 23.4 Å². The number of hydrogen-bond acceptors (Lipinski definition) is 3. The third-order valence-electron chi connectivity index (χ3n) is 3.70. The second-order valence-electron chi connectivity index (χ2n) is 5.43. The number of benzene rings is 2. The molecule has 0 aliphatic carbocycles. The molecule has 1 aromatic heterocycles. The molecule has 2 N–H and O–H groups in total. The van der Waals surface area contributed by atoms with Crippen LogP contribution < -0.4 is 5.73 Å². The molecular weight excluding hydrogens is 407 g/mol. The molecule has 0 spiro atoms. The second kappa shape index (κ2) is 6.76. The van der Waals surface area contributed by atoms with Gasteiger partial charge in [-0.2, -0.15) is 23.5 Å². The van der Waals surface area contributed by atoms with Gasteiger partial charge in [0.2, 0.25) is 0 Å². The Morgan fingerprint density at radius 2 is 1.74 bits per heavy atom. The number of nitrogens with zero attached hydrogens (tertiary/aromatic N) is 3. The first-order chi connectivity index (χ1) is 12.6. The highest BCUT2D eigenvalue weighted by Gasteiger charge is 2.33. The fraction of sp³-hybridized carbons (Fsp3) is 0.0588. The zero-order valence-electron chi connectivity index (χ0n) is 13.2. The van der Waals surface area contributed by atoms with Crippen molar-refractivity contribution in [1.29, 1.82) is 5.26 Å². The number of nitrogens with two attached hydrogens (primary N) is 1. The van der Waals surface area contributed by atoms with Crippen molar-refractivity contribution in [3.05, 3.63) is 63.5 Å². The van der Waals surface area contributed by atoms with E-state index in [0.717, 1.165) is 10.7 Å². The number of alkyl halides is 3. The lowest BCUT2D eigenvalue weighted by molar-refractivity contribution is -0.137. The Morgan fingerprint density at radius 1 is 1.11 bits per heavy atom. The van der Waals surface area contributed by atoms with E-state index >= 15 is 0 Å². The molecule has 0 aliphatic rings. The topological polar surface area (TPSA) is 67.6 Å². The maximum Gasteiger partial charge on any atom is 0.416 e. The summed E-state index contributed by atoms with van der Waals surface area (Å²) in [6, 6.07) is 8.46. The van der Waals surface area contributed by atoms with Gasteiger partial charge >= 0.3 is 6.18 Å². The number of hydrogen-bond donors (Lipinski definition) is 1. The van der Waals surface area contributed by atoms with Crippen LogP contribution in [0.5, 0.6) is 0 Å². The number of halogens is 6. The van der Waals surface area contributed by atoms with E-state index in [2.05, 4.69) is 5.10 Å². The first kappa shape index (κ1) is 19.0. The Hall–Kier alpha value is -2.76. The van der Waals surface area contributed by atoms with Crippen LogP contribution in [-0.4, -0.2) is 9.78 Å². The van der Waals surface area contributed by atoms with E-state index in [1.165, 1.54) is 18.2 Å². The molecule has 27 heavy (non-hydrogen) atoms. The number of rotatable bonds is 2. The molecule has 4 nitrogen and oxygen atoms in total. The first-order valence-electron chi connectivity index (χ1n) is 7.24. The first-order valence-corrected chi connectivity index (χ1v) is 8.00. The summed E-state index contributed by atoms with van der Waals surface area (Å²) in [6.07, 6.45) is -4.65. The smallest absolute Gasteiger partial charge is 0.383 e. The fourth-order valence-corrected chi connectivity index (χ4v) is 3.19. The molecule has 0 amide bonds. The lowest BCUT2D eigenvalue weighted by Crippen LogP contribution is -2.08. The highest BCUT2D eigenvalue weighted by atomic mass is 35.5. The van der Waals surface area contributed by atoms with E-state index in [9.17, 15) is 22.8 Å². The van der Waals surface area contributed by atoms with Crippen molar-refractivity contribution < 1.29 is 17.6 Å². The Balaban J connectivity index is 2.25.